The summed E-state index contributed by atoms with van der Waals surface area (Å²) in [6, 6.07) is 1.97. The van der Waals surface area contributed by atoms with Crippen molar-refractivity contribution in [2.24, 2.45) is 7.05 Å². The van der Waals surface area contributed by atoms with Crippen LogP contribution in [0.3, 0.4) is 0 Å². The van der Waals surface area contributed by atoms with Gasteiger partial charge in [-0.05, 0) is 40.4 Å². The number of nitrogens with zero attached hydrogens (tertiary/aromatic N) is 2. The maximum Gasteiger partial charge on any atom is 0.0885 e. The normalized spacial score (nSPS) is 12.9. The van der Waals surface area contributed by atoms with Crippen LogP contribution in [-0.2, 0) is 13.5 Å². The van der Waals surface area contributed by atoms with Crippen LogP contribution in [0.15, 0.2) is 28.3 Å². The van der Waals surface area contributed by atoms with Crippen molar-refractivity contribution >= 4 is 27.3 Å². The molecule has 0 saturated carbocycles. The molecule has 0 aliphatic rings. The van der Waals surface area contributed by atoms with Gasteiger partial charge in [-0.2, -0.15) is 5.10 Å². The van der Waals surface area contributed by atoms with Crippen LogP contribution in [0.2, 0.25) is 0 Å². The van der Waals surface area contributed by atoms with E-state index in [4.69, 9.17) is 0 Å². The predicted octanol–water partition coefficient (Wildman–Crippen LogP) is 2.91. The van der Waals surface area contributed by atoms with E-state index in [0.717, 1.165) is 27.8 Å². The molecule has 0 aliphatic carbocycles. The summed E-state index contributed by atoms with van der Waals surface area (Å²) in [6.07, 6.45) is 5.04. The second-order valence-corrected chi connectivity index (χ2v) is 5.60. The van der Waals surface area contributed by atoms with E-state index in [9.17, 15) is 5.11 Å². The monoisotopic (exact) mass is 300 g/mol. The molecule has 1 unspecified atom stereocenters. The first-order valence-electron chi connectivity index (χ1n) is 5.04. The van der Waals surface area contributed by atoms with E-state index in [1.54, 1.807) is 16.0 Å². The van der Waals surface area contributed by atoms with Crippen LogP contribution in [0.25, 0.3) is 0 Å². The predicted molar refractivity (Wildman–Crippen MR) is 68.5 cm³/mol. The summed E-state index contributed by atoms with van der Waals surface area (Å²) in [4.78, 5) is 1.01. The van der Waals surface area contributed by atoms with Gasteiger partial charge in [-0.1, -0.05) is 0 Å². The highest BCUT2D eigenvalue weighted by molar-refractivity contribution is 9.10. The smallest absolute Gasteiger partial charge is 0.0885 e. The number of rotatable bonds is 4. The fourth-order valence-corrected chi connectivity index (χ4v) is 3.01. The summed E-state index contributed by atoms with van der Waals surface area (Å²) in [5.41, 5.74) is 1.16. The molecule has 0 aromatic carbocycles. The van der Waals surface area contributed by atoms with E-state index < -0.39 is 0 Å². The standard InChI is InChI=1S/C11H13BrN2OS/c1-14-6-8(5-13-14)2-3-10(15)11-4-9(12)7-16-11/h4-7,10,15H,2-3H2,1H3. The summed E-state index contributed by atoms with van der Waals surface area (Å²) >= 11 is 4.97. The molecule has 0 radical (unpaired) electrons. The molecule has 0 bridgehead atoms. The highest BCUT2D eigenvalue weighted by Gasteiger charge is 2.10. The molecule has 0 aliphatic heterocycles. The molecule has 0 spiro atoms. The number of aromatic nitrogens is 2. The Morgan fingerprint density at radius 3 is 3.00 bits per heavy atom. The maximum atomic E-state index is 9.96. The number of aliphatic hydroxyl groups is 1. The average molecular weight is 301 g/mol. The van der Waals surface area contributed by atoms with Gasteiger partial charge in [0.2, 0.25) is 0 Å². The fraction of sp³-hybridized carbons (Fsp3) is 0.364. The zero-order valence-electron chi connectivity index (χ0n) is 8.93. The van der Waals surface area contributed by atoms with Crippen molar-refractivity contribution in [1.29, 1.82) is 0 Å². The van der Waals surface area contributed by atoms with E-state index in [1.165, 1.54) is 0 Å². The first-order valence-corrected chi connectivity index (χ1v) is 6.72. The van der Waals surface area contributed by atoms with Crippen molar-refractivity contribution in [1.82, 2.24) is 9.78 Å². The van der Waals surface area contributed by atoms with E-state index >= 15 is 0 Å². The van der Waals surface area contributed by atoms with Gasteiger partial charge in [0.05, 0.1) is 12.3 Å². The average Bonchev–Trinajstić information content (AvgIpc) is 2.84. The van der Waals surface area contributed by atoms with Gasteiger partial charge < -0.3 is 5.11 Å². The van der Waals surface area contributed by atoms with Gasteiger partial charge in [0, 0.05) is 28.0 Å². The Bertz CT molecular complexity index is 466. The lowest BCUT2D eigenvalue weighted by Gasteiger charge is -2.06. The Morgan fingerprint density at radius 1 is 1.62 bits per heavy atom. The summed E-state index contributed by atoms with van der Waals surface area (Å²) in [7, 11) is 1.90. The highest BCUT2D eigenvalue weighted by atomic mass is 79.9. The minimum atomic E-state index is -0.378. The number of aliphatic hydroxyl groups excluding tert-OH is 1. The van der Waals surface area contributed by atoms with Crippen LogP contribution in [0.1, 0.15) is 23.0 Å². The fourth-order valence-electron chi connectivity index (χ4n) is 1.55. The van der Waals surface area contributed by atoms with Crippen molar-refractivity contribution in [3.63, 3.8) is 0 Å². The first-order chi connectivity index (χ1) is 7.65. The molecule has 2 aromatic heterocycles. The summed E-state index contributed by atoms with van der Waals surface area (Å²) in [5.74, 6) is 0. The Morgan fingerprint density at radius 2 is 2.44 bits per heavy atom. The number of hydrogen-bond donors (Lipinski definition) is 1. The molecule has 3 nitrogen and oxygen atoms in total. The molecule has 0 fully saturated rings. The van der Waals surface area contributed by atoms with Crippen LogP contribution < -0.4 is 0 Å². The molecule has 86 valence electrons. The van der Waals surface area contributed by atoms with Crippen molar-refractivity contribution in [2.75, 3.05) is 0 Å². The van der Waals surface area contributed by atoms with Crippen molar-refractivity contribution in [3.8, 4) is 0 Å². The van der Waals surface area contributed by atoms with Crippen molar-refractivity contribution < 1.29 is 5.11 Å². The second-order valence-electron chi connectivity index (χ2n) is 3.74. The molecule has 2 rings (SSSR count). The number of thiophene rings is 1. The number of hydrogen-bond acceptors (Lipinski definition) is 3. The first kappa shape index (κ1) is 11.8. The topological polar surface area (TPSA) is 38.0 Å². The van der Waals surface area contributed by atoms with Crippen LogP contribution in [0.4, 0.5) is 0 Å². The molecule has 1 N–H and O–H groups in total. The van der Waals surface area contributed by atoms with E-state index in [-0.39, 0.29) is 6.10 Å². The summed E-state index contributed by atoms with van der Waals surface area (Å²) in [6.45, 7) is 0. The zero-order chi connectivity index (χ0) is 11.5. The minimum absolute atomic E-state index is 0.378. The second kappa shape index (κ2) is 5.12. The van der Waals surface area contributed by atoms with Crippen molar-refractivity contribution in [2.45, 2.75) is 18.9 Å². The van der Waals surface area contributed by atoms with Gasteiger partial charge in [0.25, 0.3) is 0 Å². The lowest BCUT2D eigenvalue weighted by Crippen LogP contribution is -1.96. The van der Waals surface area contributed by atoms with Gasteiger partial charge >= 0.3 is 0 Å². The molecule has 0 amide bonds. The Kier molecular flexibility index (Phi) is 3.78. The molecule has 2 aromatic rings. The van der Waals surface area contributed by atoms with Gasteiger partial charge in [-0.3, -0.25) is 4.68 Å². The van der Waals surface area contributed by atoms with Gasteiger partial charge in [-0.15, -0.1) is 11.3 Å². The van der Waals surface area contributed by atoms with Crippen LogP contribution >= 0.6 is 27.3 Å². The highest BCUT2D eigenvalue weighted by Crippen LogP contribution is 2.28. The van der Waals surface area contributed by atoms with Gasteiger partial charge in [0.15, 0.2) is 0 Å². The third-order valence-corrected chi connectivity index (χ3v) is 4.18. The van der Waals surface area contributed by atoms with Gasteiger partial charge in [-0.25, -0.2) is 0 Å². The molecular weight excluding hydrogens is 288 g/mol. The molecular formula is C11H13BrN2OS. The van der Waals surface area contributed by atoms with E-state index in [1.807, 2.05) is 30.9 Å². The van der Waals surface area contributed by atoms with Crippen LogP contribution in [0, 0.1) is 0 Å². The lowest BCUT2D eigenvalue weighted by molar-refractivity contribution is 0.171. The Hall–Kier alpha value is -0.650. The zero-order valence-corrected chi connectivity index (χ0v) is 11.3. The molecule has 16 heavy (non-hydrogen) atoms. The van der Waals surface area contributed by atoms with Gasteiger partial charge in [0.1, 0.15) is 0 Å². The maximum absolute atomic E-state index is 9.96. The summed E-state index contributed by atoms with van der Waals surface area (Å²) in [5, 5.41) is 16.1. The van der Waals surface area contributed by atoms with E-state index in [0.29, 0.717) is 0 Å². The molecule has 2 heterocycles. The third-order valence-electron chi connectivity index (χ3n) is 2.38. The van der Waals surface area contributed by atoms with Crippen molar-refractivity contribution in [3.05, 3.63) is 38.8 Å². The molecule has 0 saturated heterocycles. The Labute approximate surface area is 107 Å². The lowest BCUT2D eigenvalue weighted by atomic mass is 10.1. The quantitative estimate of drug-likeness (QED) is 0.943. The number of aryl methyl sites for hydroxylation is 2. The number of halogens is 1. The van der Waals surface area contributed by atoms with Crippen LogP contribution in [0.5, 0.6) is 0 Å². The van der Waals surface area contributed by atoms with E-state index in [2.05, 4.69) is 21.0 Å². The molecule has 5 heteroatoms. The third kappa shape index (κ3) is 2.93. The largest absolute Gasteiger partial charge is 0.388 e. The minimum Gasteiger partial charge on any atom is -0.388 e. The SMILES string of the molecule is Cn1cc(CCC(O)c2cc(Br)cs2)cn1. The summed E-state index contributed by atoms with van der Waals surface area (Å²) < 4.78 is 2.82. The molecule has 1 atom stereocenters. The Balaban J connectivity index is 1.91. The van der Waals surface area contributed by atoms with Crippen LogP contribution in [-0.4, -0.2) is 14.9 Å².